The van der Waals surface area contributed by atoms with Crippen molar-refractivity contribution < 1.29 is 9.90 Å². The van der Waals surface area contributed by atoms with Crippen molar-refractivity contribution in [2.45, 2.75) is 20.3 Å². The Kier molecular flexibility index (Phi) is 5.11. The first-order chi connectivity index (χ1) is 10.0. The van der Waals surface area contributed by atoms with Gasteiger partial charge in [0.2, 0.25) is 0 Å². The van der Waals surface area contributed by atoms with Gasteiger partial charge in [-0.1, -0.05) is 18.2 Å². The molecule has 0 atom stereocenters. The van der Waals surface area contributed by atoms with E-state index in [1.807, 2.05) is 43.3 Å². The van der Waals surface area contributed by atoms with E-state index in [0.29, 0.717) is 6.54 Å². The molecule has 0 aliphatic carbocycles. The van der Waals surface area contributed by atoms with E-state index in [9.17, 15) is 4.79 Å². The summed E-state index contributed by atoms with van der Waals surface area (Å²) in [6, 6.07) is 7.87. The van der Waals surface area contributed by atoms with Crippen LogP contribution in [-0.2, 0) is 4.79 Å². The lowest BCUT2D eigenvalue weighted by Crippen LogP contribution is -2.07. The molecule has 0 bridgehead atoms. The molecule has 5 heteroatoms. The Morgan fingerprint density at radius 3 is 2.86 bits per heavy atom. The van der Waals surface area contributed by atoms with E-state index in [1.165, 1.54) is 4.88 Å². The largest absolute Gasteiger partial charge is 0.481 e. The van der Waals surface area contributed by atoms with Crippen molar-refractivity contribution in [3.8, 4) is 0 Å². The molecule has 0 aliphatic heterocycles. The summed E-state index contributed by atoms with van der Waals surface area (Å²) in [6.45, 7) is 4.50. The molecule has 0 aliphatic rings. The second-order valence-corrected chi connectivity index (χ2v) is 5.96. The Labute approximate surface area is 128 Å². The quantitative estimate of drug-likeness (QED) is 0.851. The maximum absolute atomic E-state index is 10.5. The Bertz CT molecular complexity index is 643. The van der Waals surface area contributed by atoms with Crippen molar-refractivity contribution in [2.75, 3.05) is 11.9 Å². The molecule has 0 saturated carbocycles. The van der Waals surface area contributed by atoms with Gasteiger partial charge in [-0.3, -0.25) is 4.79 Å². The molecule has 1 heterocycles. The van der Waals surface area contributed by atoms with Gasteiger partial charge in [-0.25, -0.2) is 4.98 Å². The molecule has 0 unspecified atom stereocenters. The minimum Gasteiger partial charge on any atom is -0.481 e. The number of carbonyl (C=O) groups is 1. The second kappa shape index (κ2) is 7.04. The van der Waals surface area contributed by atoms with Crippen LogP contribution in [0.2, 0.25) is 0 Å². The number of aliphatic carboxylic acids is 1. The van der Waals surface area contributed by atoms with Crippen LogP contribution < -0.4 is 5.32 Å². The highest BCUT2D eigenvalue weighted by molar-refractivity contribution is 7.12. The molecule has 0 radical (unpaired) electrons. The monoisotopic (exact) mass is 302 g/mol. The molecule has 0 amide bonds. The zero-order valence-corrected chi connectivity index (χ0v) is 12.9. The lowest BCUT2D eigenvalue weighted by molar-refractivity contribution is -0.136. The number of benzene rings is 1. The molecular formula is C16H18N2O2S. The Morgan fingerprint density at radius 2 is 2.19 bits per heavy atom. The SMILES string of the molecule is Cc1nc(C=Cc2cccc(NCCC(=O)O)c2)sc1C. The molecule has 2 aromatic rings. The molecule has 2 rings (SSSR count). The van der Waals surface area contributed by atoms with E-state index in [1.54, 1.807) is 11.3 Å². The third kappa shape index (κ3) is 4.72. The van der Waals surface area contributed by atoms with E-state index in [4.69, 9.17) is 5.11 Å². The Morgan fingerprint density at radius 1 is 1.38 bits per heavy atom. The molecule has 2 N–H and O–H groups in total. The summed E-state index contributed by atoms with van der Waals surface area (Å²) >= 11 is 1.68. The number of rotatable bonds is 6. The standard InChI is InChI=1S/C16H18N2O2S/c1-11-12(2)21-15(18-11)7-6-13-4-3-5-14(10-13)17-9-8-16(19)20/h3-7,10,17H,8-9H2,1-2H3,(H,19,20). The van der Waals surface area contributed by atoms with E-state index >= 15 is 0 Å². The lowest BCUT2D eigenvalue weighted by Gasteiger charge is -2.05. The van der Waals surface area contributed by atoms with Gasteiger partial charge in [-0.2, -0.15) is 0 Å². The number of nitrogens with one attached hydrogen (secondary N) is 1. The average Bonchev–Trinajstić information content (AvgIpc) is 2.76. The first-order valence-electron chi connectivity index (χ1n) is 6.72. The number of carboxylic acid groups (broad SMARTS) is 1. The molecule has 1 aromatic heterocycles. The van der Waals surface area contributed by atoms with Gasteiger partial charge in [-0.15, -0.1) is 11.3 Å². The van der Waals surface area contributed by atoms with Crippen LogP contribution in [0.3, 0.4) is 0 Å². The predicted octanol–water partition coefficient (Wildman–Crippen LogP) is 3.82. The summed E-state index contributed by atoms with van der Waals surface area (Å²) in [4.78, 5) is 16.2. The van der Waals surface area contributed by atoms with Gasteiger partial charge in [0.1, 0.15) is 5.01 Å². The van der Waals surface area contributed by atoms with Gasteiger partial charge in [0.25, 0.3) is 0 Å². The van der Waals surface area contributed by atoms with Crippen molar-refractivity contribution in [3.63, 3.8) is 0 Å². The number of hydrogen-bond acceptors (Lipinski definition) is 4. The van der Waals surface area contributed by atoms with Crippen molar-refractivity contribution in [2.24, 2.45) is 0 Å². The molecule has 110 valence electrons. The molecule has 21 heavy (non-hydrogen) atoms. The molecule has 4 nitrogen and oxygen atoms in total. The number of nitrogens with zero attached hydrogens (tertiary/aromatic N) is 1. The first-order valence-corrected chi connectivity index (χ1v) is 7.54. The van der Waals surface area contributed by atoms with Crippen LogP contribution >= 0.6 is 11.3 Å². The minimum atomic E-state index is -0.798. The van der Waals surface area contributed by atoms with Crippen molar-refractivity contribution in [1.82, 2.24) is 4.98 Å². The lowest BCUT2D eigenvalue weighted by atomic mass is 10.2. The molecule has 0 spiro atoms. The van der Waals surface area contributed by atoms with E-state index in [-0.39, 0.29) is 6.42 Å². The predicted molar refractivity (Wildman–Crippen MR) is 87.7 cm³/mol. The number of anilines is 1. The highest BCUT2D eigenvalue weighted by Crippen LogP contribution is 2.19. The van der Waals surface area contributed by atoms with Gasteiger partial charge < -0.3 is 10.4 Å². The van der Waals surface area contributed by atoms with Crippen molar-refractivity contribution >= 4 is 35.1 Å². The second-order valence-electron chi connectivity index (χ2n) is 4.72. The number of hydrogen-bond donors (Lipinski definition) is 2. The van der Waals surface area contributed by atoms with E-state index < -0.39 is 5.97 Å². The van der Waals surface area contributed by atoms with E-state index in [0.717, 1.165) is 22.0 Å². The smallest absolute Gasteiger partial charge is 0.305 e. The van der Waals surface area contributed by atoms with Gasteiger partial charge in [-0.05, 0) is 37.6 Å². The zero-order valence-electron chi connectivity index (χ0n) is 12.1. The van der Waals surface area contributed by atoms with Crippen molar-refractivity contribution in [1.29, 1.82) is 0 Å². The van der Waals surface area contributed by atoms with Gasteiger partial charge in [0.15, 0.2) is 0 Å². The summed E-state index contributed by atoms with van der Waals surface area (Å²) in [5.74, 6) is -0.798. The number of thiazole rings is 1. The van der Waals surface area contributed by atoms with Crippen LogP contribution in [-0.4, -0.2) is 22.6 Å². The summed E-state index contributed by atoms with van der Waals surface area (Å²) in [5, 5.41) is 12.7. The van der Waals surface area contributed by atoms with E-state index in [2.05, 4.69) is 17.2 Å². The molecule has 0 saturated heterocycles. The van der Waals surface area contributed by atoms with Crippen LogP contribution in [0.4, 0.5) is 5.69 Å². The summed E-state index contributed by atoms with van der Waals surface area (Å²) in [6.07, 6.45) is 4.12. The maximum atomic E-state index is 10.5. The fourth-order valence-corrected chi connectivity index (χ4v) is 2.63. The summed E-state index contributed by atoms with van der Waals surface area (Å²) in [7, 11) is 0. The molecular weight excluding hydrogens is 284 g/mol. The minimum absolute atomic E-state index is 0.109. The summed E-state index contributed by atoms with van der Waals surface area (Å²) in [5.41, 5.74) is 3.05. The maximum Gasteiger partial charge on any atom is 0.305 e. The number of carboxylic acids is 1. The highest BCUT2D eigenvalue weighted by Gasteiger charge is 2.00. The van der Waals surface area contributed by atoms with Crippen LogP contribution in [0.25, 0.3) is 12.2 Å². The van der Waals surface area contributed by atoms with Crippen LogP contribution in [0.15, 0.2) is 24.3 Å². The van der Waals surface area contributed by atoms with Gasteiger partial charge in [0.05, 0.1) is 12.1 Å². The topological polar surface area (TPSA) is 62.2 Å². The fraction of sp³-hybridized carbons (Fsp3) is 0.250. The molecule has 1 aromatic carbocycles. The van der Waals surface area contributed by atoms with Crippen LogP contribution in [0.5, 0.6) is 0 Å². The Balaban J connectivity index is 2.01. The summed E-state index contributed by atoms with van der Waals surface area (Å²) < 4.78 is 0. The normalized spacial score (nSPS) is 11.0. The molecule has 0 fully saturated rings. The average molecular weight is 302 g/mol. The third-order valence-electron chi connectivity index (χ3n) is 3.02. The first kappa shape index (κ1) is 15.3. The van der Waals surface area contributed by atoms with Crippen molar-refractivity contribution in [3.05, 3.63) is 45.4 Å². The Hall–Kier alpha value is -2.14. The highest BCUT2D eigenvalue weighted by atomic mass is 32.1. The number of aryl methyl sites for hydroxylation is 2. The zero-order chi connectivity index (χ0) is 15.2. The third-order valence-corrected chi connectivity index (χ3v) is 4.06. The van der Waals surface area contributed by atoms with Crippen LogP contribution in [0, 0.1) is 13.8 Å². The van der Waals surface area contributed by atoms with Gasteiger partial charge in [0, 0.05) is 17.1 Å². The van der Waals surface area contributed by atoms with Crippen LogP contribution in [0.1, 0.15) is 27.6 Å². The fourth-order valence-electron chi connectivity index (χ4n) is 1.80. The van der Waals surface area contributed by atoms with Gasteiger partial charge >= 0.3 is 5.97 Å². The number of aromatic nitrogens is 1.